The van der Waals surface area contributed by atoms with Gasteiger partial charge in [-0.2, -0.15) is 0 Å². The van der Waals surface area contributed by atoms with E-state index in [9.17, 15) is 4.79 Å². The Hall–Kier alpha value is -2.75. The van der Waals surface area contributed by atoms with Crippen molar-refractivity contribution in [3.8, 4) is 0 Å². The molecule has 0 bridgehead atoms. The van der Waals surface area contributed by atoms with Crippen molar-refractivity contribution < 1.29 is 4.79 Å². The van der Waals surface area contributed by atoms with Gasteiger partial charge in [0.25, 0.3) is 0 Å². The van der Waals surface area contributed by atoms with Crippen LogP contribution < -0.4 is 21.3 Å². The molecule has 4 rings (SSSR count). The molecular formula is C26H40N8O. The highest BCUT2D eigenvalue weighted by atomic mass is 16.1. The van der Waals surface area contributed by atoms with Gasteiger partial charge in [0.2, 0.25) is 0 Å². The van der Waals surface area contributed by atoms with Crippen LogP contribution in [-0.4, -0.2) is 91.5 Å². The first-order valence-electron chi connectivity index (χ1n) is 12.9. The number of aldehydes is 1. The predicted molar refractivity (Wildman–Crippen MR) is 143 cm³/mol. The van der Waals surface area contributed by atoms with Crippen molar-refractivity contribution in [1.29, 1.82) is 0 Å². The van der Waals surface area contributed by atoms with Crippen LogP contribution in [0.3, 0.4) is 0 Å². The Morgan fingerprint density at radius 1 is 1.09 bits per heavy atom. The van der Waals surface area contributed by atoms with Crippen LogP contribution in [0.1, 0.15) is 41.5 Å². The number of benzene rings is 1. The molecule has 1 aromatic carbocycles. The standard InChI is InChI=1S/C26H40N8O/c1-4-22-25(28-10-9-27)31-26(23(18-35)30-22)29-20-5-6-24(19(2)17-20)34-11-7-21(8-12-34)33-15-13-32(3)14-16-33/h5-6,17-18,21H,4,7-16,27H2,1-3H3,(H2,28,29,31). The van der Waals surface area contributed by atoms with Crippen molar-refractivity contribution in [3.63, 3.8) is 0 Å². The maximum Gasteiger partial charge on any atom is 0.172 e. The van der Waals surface area contributed by atoms with Crippen LogP contribution in [0.4, 0.5) is 23.0 Å². The van der Waals surface area contributed by atoms with E-state index in [0.717, 1.165) is 30.8 Å². The number of hydrogen-bond acceptors (Lipinski definition) is 9. The molecule has 0 amide bonds. The van der Waals surface area contributed by atoms with E-state index >= 15 is 0 Å². The fourth-order valence-corrected chi connectivity index (χ4v) is 5.12. The number of carbonyl (C=O) groups excluding carboxylic acids is 1. The van der Waals surface area contributed by atoms with E-state index in [1.165, 1.54) is 50.3 Å². The number of likely N-dealkylation sites (N-methyl/N-ethyl adjacent to an activating group) is 1. The Balaban J connectivity index is 1.43. The highest BCUT2D eigenvalue weighted by molar-refractivity contribution is 5.82. The summed E-state index contributed by atoms with van der Waals surface area (Å²) in [5.41, 5.74) is 10.1. The lowest BCUT2D eigenvalue weighted by Gasteiger charge is -2.43. The maximum absolute atomic E-state index is 11.7. The fraction of sp³-hybridized carbons (Fsp3) is 0.577. The van der Waals surface area contributed by atoms with E-state index in [0.29, 0.717) is 42.9 Å². The molecule has 0 saturated carbocycles. The van der Waals surface area contributed by atoms with Gasteiger partial charge < -0.3 is 26.2 Å². The highest BCUT2D eigenvalue weighted by Gasteiger charge is 2.27. The van der Waals surface area contributed by atoms with Crippen LogP contribution in [0, 0.1) is 6.92 Å². The molecule has 3 heterocycles. The molecule has 4 N–H and O–H groups in total. The van der Waals surface area contributed by atoms with Crippen LogP contribution in [0.15, 0.2) is 18.2 Å². The van der Waals surface area contributed by atoms with Gasteiger partial charge in [0.05, 0.1) is 5.69 Å². The summed E-state index contributed by atoms with van der Waals surface area (Å²) in [5.74, 6) is 1.12. The third kappa shape index (κ3) is 6.09. The Bertz CT molecular complexity index is 997. The molecule has 2 saturated heterocycles. The summed E-state index contributed by atoms with van der Waals surface area (Å²) < 4.78 is 0. The third-order valence-corrected chi connectivity index (χ3v) is 7.20. The van der Waals surface area contributed by atoms with E-state index in [1.54, 1.807) is 0 Å². The quantitative estimate of drug-likeness (QED) is 0.467. The second kappa shape index (κ2) is 11.8. The average Bonchev–Trinajstić information content (AvgIpc) is 2.88. The summed E-state index contributed by atoms with van der Waals surface area (Å²) in [5, 5.41) is 6.53. The summed E-state index contributed by atoms with van der Waals surface area (Å²) in [4.78, 5) is 28.5. The van der Waals surface area contributed by atoms with E-state index in [2.05, 4.69) is 67.5 Å². The fourth-order valence-electron chi connectivity index (χ4n) is 5.12. The largest absolute Gasteiger partial charge is 0.371 e. The van der Waals surface area contributed by atoms with Gasteiger partial charge in [-0.3, -0.25) is 9.69 Å². The summed E-state index contributed by atoms with van der Waals surface area (Å²) >= 11 is 0. The van der Waals surface area contributed by atoms with Crippen LogP contribution in [-0.2, 0) is 6.42 Å². The minimum atomic E-state index is 0.313. The summed E-state index contributed by atoms with van der Waals surface area (Å²) in [6.07, 6.45) is 3.86. The van der Waals surface area contributed by atoms with Crippen molar-refractivity contribution >= 4 is 29.3 Å². The van der Waals surface area contributed by atoms with Gasteiger partial charge in [0.1, 0.15) is 11.5 Å². The van der Waals surface area contributed by atoms with Crippen molar-refractivity contribution in [3.05, 3.63) is 35.2 Å². The Morgan fingerprint density at radius 2 is 1.83 bits per heavy atom. The topological polar surface area (TPSA) is 103 Å². The number of piperazine rings is 1. The molecule has 35 heavy (non-hydrogen) atoms. The molecule has 0 aliphatic carbocycles. The molecule has 2 fully saturated rings. The molecule has 0 unspecified atom stereocenters. The summed E-state index contributed by atoms with van der Waals surface area (Å²) in [7, 11) is 2.21. The predicted octanol–water partition coefficient (Wildman–Crippen LogP) is 2.49. The number of nitrogens with two attached hydrogens (primary N) is 1. The van der Waals surface area contributed by atoms with Gasteiger partial charge in [-0.05, 0) is 57.0 Å². The number of rotatable bonds is 9. The molecule has 0 radical (unpaired) electrons. The van der Waals surface area contributed by atoms with Crippen LogP contribution in [0.25, 0.3) is 0 Å². The lowest BCUT2D eigenvalue weighted by molar-refractivity contribution is 0.0982. The molecule has 0 spiro atoms. The minimum absolute atomic E-state index is 0.313. The van der Waals surface area contributed by atoms with Crippen LogP contribution in [0.2, 0.25) is 0 Å². The zero-order valence-corrected chi connectivity index (χ0v) is 21.4. The van der Waals surface area contributed by atoms with E-state index in [1.807, 2.05) is 6.92 Å². The zero-order valence-electron chi connectivity index (χ0n) is 21.4. The van der Waals surface area contributed by atoms with Gasteiger partial charge in [-0.15, -0.1) is 0 Å². The van der Waals surface area contributed by atoms with Gasteiger partial charge in [0.15, 0.2) is 12.1 Å². The first-order chi connectivity index (χ1) is 17.0. The number of nitrogens with one attached hydrogen (secondary N) is 2. The molecule has 2 aliphatic heterocycles. The SMILES string of the molecule is CCc1nc(C=O)c(Nc2ccc(N3CCC(N4CCN(C)CC4)CC3)c(C)c2)nc1NCCN. The summed E-state index contributed by atoms with van der Waals surface area (Å²) in [6, 6.07) is 7.07. The Labute approximate surface area is 209 Å². The van der Waals surface area contributed by atoms with Crippen molar-refractivity contribution in [2.45, 2.75) is 39.2 Å². The van der Waals surface area contributed by atoms with Crippen LogP contribution in [0.5, 0.6) is 0 Å². The maximum atomic E-state index is 11.7. The van der Waals surface area contributed by atoms with Gasteiger partial charge >= 0.3 is 0 Å². The smallest absolute Gasteiger partial charge is 0.172 e. The van der Waals surface area contributed by atoms with E-state index in [4.69, 9.17) is 5.73 Å². The monoisotopic (exact) mass is 480 g/mol. The molecular weight excluding hydrogens is 440 g/mol. The van der Waals surface area contributed by atoms with Crippen molar-refractivity contribution in [2.24, 2.45) is 5.73 Å². The zero-order chi connectivity index (χ0) is 24.8. The lowest BCUT2D eigenvalue weighted by atomic mass is 10.0. The molecule has 1 aromatic heterocycles. The summed E-state index contributed by atoms with van der Waals surface area (Å²) in [6.45, 7) is 12.1. The molecule has 2 aliphatic rings. The Morgan fingerprint density at radius 3 is 2.46 bits per heavy atom. The molecule has 9 nitrogen and oxygen atoms in total. The highest BCUT2D eigenvalue weighted by Crippen LogP contribution is 2.30. The minimum Gasteiger partial charge on any atom is -0.371 e. The number of nitrogens with zero attached hydrogens (tertiary/aromatic N) is 5. The Kier molecular flexibility index (Phi) is 8.54. The second-order valence-electron chi connectivity index (χ2n) is 9.62. The molecule has 0 atom stereocenters. The first kappa shape index (κ1) is 25.3. The average molecular weight is 481 g/mol. The van der Waals surface area contributed by atoms with Crippen molar-refractivity contribution in [1.82, 2.24) is 19.8 Å². The number of anilines is 4. The van der Waals surface area contributed by atoms with Crippen molar-refractivity contribution in [2.75, 3.05) is 74.9 Å². The number of piperidine rings is 1. The van der Waals surface area contributed by atoms with E-state index in [-0.39, 0.29) is 0 Å². The van der Waals surface area contributed by atoms with Gasteiger partial charge in [-0.1, -0.05) is 6.92 Å². The molecule has 2 aromatic rings. The van der Waals surface area contributed by atoms with Crippen LogP contribution >= 0.6 is 0 Å². The number of hydrogen-bond donors (Lipinski definition) is 3. The number of carbonyl (C=O) groups is 1. The van der Waals surface area contributed by atoms with Gasteiger partial charge in [0, 0.05) is 69.8 Å². The first-order valence-corrected chi connectivity index (χ1v) is 12.9. The number of aryl methyl sites for hydroxylation is 2. The normalized spacial score (nSPS) is 18.0. The molecule has 9 heteroatoms. The lowest BCUT2D eigenvalue weighted by Crippen LogP contribution is -2.52. The van der Waals surface area contributed by atoms with Gasteiger partial charge in [-0.25, -0.2) is 9.97 Å². The third-order valence-electron chi connectivity index (χ3n) is 7.20. The second-order valence-corrected chi connectivity index (χ2v) is 9.62. The molecule has 190 valence electrons. The number of aromatic nitrogens is 2. The van der Waals surface area contributed by atoms with E-state index < -0.39 is 0 Å².